The predicted molar refractivity (Wildman–Crippen MR) is 74.2 cm³/mol. The molecule has 0 atom stereocenters. The van der Waals surface area contributed by atoms with Crippen LogP contribution >= 0.6 is 0 Å². The Labute approximate surface area is 116 Å². The van der Waals surface area contributed by atoms with E-state index >= 15 is 0 Å². The maximum atomic E-state index is 10.6. The van der Waals surface area contributed by atoms with Crippen LogP contribution < -0.4 is 4.90 Å². The van der Waals surface area contributed by atoms with E-state index in [1.165, 1.54) is 12.3 Å². The van der Waals surface area contributed by atoms with Crippen LogP contribution in [0.4, 0.5) is 11.5 Å². The Balaban J connectivity index is 2.09. The quantitative estimate of drug-likeness (QED) is 0.628. The van der Waals surface area contributed by atoms with Gasteiger partial charge >= 0.3 is 0 Å². The average Bonchev–Trinajstić information content (AvgIpc) is 2.48. The maximum absolute atomic E-state index is 10.6. The monoisotopic (exact) mass is 268 g/mol. The fourth-order valence-corrected chi connectivity index (χ4v) is 1.75. The van der Waals surface area contributed by atoms with Crippen molar-refractivity contribution in [3.05, 3.63) is 63.8 Å². The third-order valence-electron chi connectivity index (χ3n) is 2.84. The van der Waals surface area contributed by atoms with Crippen LogP contribution in [0.25, 0.3) is 0 Å². The lowest BCUT2D eigenvalue weighted by Crippen LogP contribution is -2.17. The summed E-state index contributed by atoms with van der Waals surface area (Å²) in [7, 11) is 1.85. The minimum absolute atomic E-state index is 0.0273. The summed E-state index contributed by atoms with van der Waals surface area (Å²) < 4.78 is 0. The summed E-state index contributed by atoms with van der Waals surface area (Å²) >= 11 is 0. The number of aromatic nitrogens is 1. The number of hydrogen-bond donors (Lipinski definition) is 0. The van der Waals surface area contributed by atoms with E-state index in [2.05, 4.69) is 11.1 Å². The molecule has 0 saturated carbocycles. The number of hydrogen-bond acceptors (Lipinski definition) is 5. The van der Waals surface area contributed by atoms with E-state index in [-0.39, 0.29) is 5.69 Å². The van der Waals surface area contributed by atoms with Gasteiger partial charge in [-0.05, 0) is 23.8 Å². The molecule has 0 radical (unpaired) electrons. The number of rotatable bonds is 4. The third-order valence-corrected chi connectivity index (χ3v) is 2.84. The van der Waals surface area contributed by atoms with E-state index < -0.39 is 4.92 Å². The fraction of sp³-hybridized carbons (Fsp3) is 0.143. The summed E-state index contributed by atoms with van der Waals surface area (Å²) in [5, 5.41) is 19.3. The van der Waals surface area contributed by atoms with Gasteiger partial charge in [0.2, 0.25) is 0 Å². The zero-order valence-corrected chi connectivity index (χ0v) is 10.9. The Kier molecular flexibility index (Phi) is 3.91. The van der Waals surface area contributed by atoms with Gasteiger partial charge in [0.05, 0.1) is 16.6 Å². The molecule has 0 amide bonds. The first kappa shape index (κ1) is 13.5. The molecule has 6 heteroatoms. The number of nitrogens with zero attached hydrogens (tertiary/aromatic N) is 4. The number of nitriles is 1. The van der Waals surface area contributed by atoms with Crippen LogP contribution in [-0.4, -0.2) is 17.0 Å². The lowest BCUT2D eigenvalue weighted by molar-refractivity contribution is -0.385. The first-order chi connectivity index (χ1) is 9.60. The van der Waals surface area contributed by atoms with Crippen LogP contribution in [0, 0.1) is 21.4 Å². The molecule has 100 valence electrons. The van der Waals surface area contributed by atoms with Gasteiger partial charge in [-0.3, -0.25) is 10.1 Å². The summed E-state index contributed by atoms with van der Waals surface area (Å²) in [4.78, 5) is 16.0. The Bertz CT molecular complexity index is 644. The molecule has 0 spiro atoms. The minimum atomic E-state index is -0.475. The van der Waals surface area contributed by atoms with Crippen molar-refractivity contribution in [1.82, 2.24) is 4.98 Å². The zero-order chi connectivity index (χ0) is 14.5. The molecule has 0 saturated heterocycles. The molecule has 0 bridgehead atoms. The van der Waals surface area contributed by atoms with Crippen molar-refractivity contribution in [3.63, 3.8) is 0 Å². The molecule has 1 aromatic carbocycles. The molecule has 20 heavy (non-hydrogen) atoms. The van der Waals surface area contributed by atoms with E-state index in [0.29, 0.717) is 17.9 Å². The van der Waals surface area contributed by atoms with Crippen molar-refractivity contribution in [3.8, 4) is 6.07 Å². The maximum Gasteiger partial charge on any atom is 0.287 e. The highest BCUT2D eigenvalue weighted by atomic mass is 16.6. The smallest absolute Gasteiger partial charge is 0.287 e. The SMILES string of the molecule is CN(Cc1ccc(C#N)cc1)c1ccc([N+](=O)[O-])cn1. The highest BCUT2D eigenvalue weighted by Crippen LogP contribution is 2.16. The molecule has 0 aliphatic carbocycles. The largest absolute Gasteiger partial charge is 0.355 e. The second kappa shape index (κ2) is 5.80. The second-order valence-corrected chi connectivity index (χ2v) is 4.30. The van der Waals surface area contributed by atoms with Gasteiger partial charge in [-0.15, -0.1) is 0 Å². The molecule has 0 unspecified atom stereocenters. The van der Waals surface area contributed by atoms with Gasteiger partial charge < -0.3 is 4.90 Å². The van der Waals surface area contributed by atoms with E-state index in [1.807, 2.05) is 24.1 Å². The molecule has 1 heterocycles. The number of anilines is 1. The Morgan fingerprint density at radius 1 is 1.30 bits per heavy atom. The van der Waals surface area contributed by atoms with Gasteiger partial charge in [0, 0.05) is 19.7 Å². The molecule has 2 rings (SSSR count). The van der Waals surface area contributed by atoms with Gasteiger partial charge in [0.1, 0.15) is 12.0 Å². The number of nitro groups is 1. The zero-order valence-electron chi connectivity index (χ0n) is 10.9. The lowest BCUT2D eigenvalue weighted by Gasteiger charge is -2.17. The van der Waals surface area contributed by atoms with Crippen LogP contribution in [0.2, 0.25) is 0 Å². The topological polar surface area (TPSA) is 83.1 Å². The molecule has 0 aliphatic heterocycles. The summed E-state index contributed by atoms with van der Waals surface area (Å²) in [6, 6.07) is 12.4. The van der Waals surface area contributed by atoms with E-state index in [1.54, 1.807) is 18.2 Å². The Hall–Kier alpha value is -2.94. The highest BCUT2D eigenvalue weighted by molar-refractivity contribution is 5.43. The molecular formula is C14H12N4O2. The van der Waals surface area contributed by atoms with Gasteiger partial charge in [-0.2, -0.15) is 5.26 Å². The average molecular weight is 268 g/mol. The van der Waals surface area contributed by atoms with Crippen LogP contribution in [-0.2, 0) is 6.54 Å². The molecular weight excluding hydrogens is 256 g/mol. The van der Waals surface area contributed by atoms with Crippen LogP contribution in [0.1, 0.15) is 11.1 Å². The summed E-state index contributed by atoms with van der Waals surface area (Å²) in [6.07, 6.45) is 1.24. The fourth-order valence-electron chi connectivity index (χ4n) is 1.75. The van der Waals surface area contributed by atoms with Crippen molar-refractivity contribution in [1.29, 1.82) is 5.26 Å². The van der Waals surface area contributed by atoms with Crippen LogP contribution in [0.3, 0.4) is 0 Å². The Morgan fingerprint density at radius 2 is 2.00 bits per heavy atom. The van der Waals surface area contributed by atoms with Crippen molar-refractivity contribution in [2.75, 3.05) is 11.9 Å². The summed E-state index contributed by atoms with van der Waals surface area (Å²) in [5.41, 5.74) is 1.62. The molecule has 0 aliphatic rings. The molecule has 2 aromatic rings. The highest BCUT2D eigenvalue weighted by Gasteiger charge is 2.08. The second-order valence-electron chi connectivity index (χ2n) is 4.30. The van der Waals surface area contributed by atoms with Crippen molar-refractivity contribution in [2.24, 2.45) is 0 Å². The first-order valence-corrected chi connectivity index (χ1v) is 5.91. The summed E-state index contributed by atoms with van der Waals surface area (Å²) in [5.74, 6) is 0.653. The van der Waals surface area contributed by atoms with Crippen LogP contribution in [0.5, 0.6) is 0 Å². The van der Waals surface area contributed by atoms with Gasteiger partial charge in [-0.1, -0.05) is 12.1 Å². The first-order valence-electron chi connectivity index (χ1n) is 5.91. The van der Waals surface area contributed by atoms with Crippen molar-refractivity contribution >= 4 is 11.5 Å². The van der Waals surface area contributed by atoms with Gasteiger partial charge in [0.15, 0.2) is 0 Å². The minimum Gasteiger partial charge on any atom is -0.355 e. The predicted octanol–water partition coefficient (Wildman–Crippen LogP) is 2.50. The number of pyridine rings is 1. The van der Waals surface area contributed by atoms with Gasteiger partial charge in [0.25, 0.3) is 5.69 Å². The van der Waals surface area contributed by atoms with E-state index in [9.17, 15) is 10.1 Å². The molecule has 0 fully saturated rings. The standard InChI is InChI=1S/C14H12N4O2/c1-17(10-12-4-2-11(8-15)3-5-12)14-7-6-13(9-16-14)18(19)20/h2-7,9H,10H2,1H3. The van der Waals surface area contributed by atoms with Crippen LogP contribution in [0.15, 0.2) is 42.6 Å². The van der Waals surface area contributed by atoms with Crippen molar-refractivity contribution in [2.45, 2.75) is 6.54 Å². The van der Waals surface area contributed by atoms with Gasteiger partial charge in [-0.25, -0.2) is 4.98 Å². The van der Waals surface area contributed by atoms with Crippen molar-refractivity contribution < 1.29 is 4.92 Å². The molecule has 6 nitrogen and oxygen atoms in total. The Morgan fingerprint density at radius 3 is 2.50 bits per heavy atom. The normalized spacial score (nSPS) is 9.80. The van der Waals surface area contributed by atoms with E-state index in [0.717, 1.165) is 5.56 Å². The molecule has 1 aromatic heterocycles. The summed E-state index contributed by atoms with van der Waals surface area (Å²) in [6.45, 7) is 0.608. The lowest BCUT2D eigenvalue weighted by atomic mass is 10.1. The third kappa shape index (κ3) is 3.09. The number of benzene rings is 1. The molecule has 0 N–H and O–H groups in total. The van der Waals surface area contributed by atoms with E-state index in [4.69, 9.17) is 5.26 Å².